The lowest BCUT2D eigenvalue weighted by atomic mass is 10.1. The van der Waals surface area contributed by atoms with Crippen LogP contribution < -0.4 is 10.1 Å². The van der Waals surface area contributed by atoms with E-state index in [-0.39, 0.29) is 12.1 Å². The van der Waals surface area contributed by atoms with Crippen molar-refractivity contribution >= 4 is 0 Å². The third-order valence-corrected chi connectivity index (χ3v) is 4.19. The van der Waals surface area contributed by atoms with E-state index in [2.05, 4.69) is 51.7 Å². The monoisotopic (exact) mass is 305 g/mol. The second kappa shape index (κ2) is 6.26. The molecule has 0 saturated carbocycles. The van der Waals surface area contributed by atoms with Crippen LogP contribution in [0.5, 0.6) is 5.75 Å². The predicted octanol–water partition coefficient (Wildman–Crippen LogP) is 3.09. The molecule has 2 N–H and O–H groups in total. The molecule has 0 spiro atoms. The fourth-order valence-electron chi connectivity index (χ4n) is 3.07. The molecule has 0 radical (unpaired) electrons. The summed E-state index contributed by atoms with van der Waals surface area (Å²) < 4.78 is 6.02. The molecule has 0 amide bonds. The van der Waals surface area contributed by atoms with Gasteiger partial charge in [0.2, 0.25) is 0 Å². The number of fused-ring (bicyclic) bond motifs is 1. The molecule has 23 heavy (non-hydrogen) atoms. The van der Waals surface area contributed by atoms with Gasteiger partial charge in [0.1, 0.15) is 17.7 Å². The highest BCUT2D eigenvalue weighted by Crippen LogP contribution is 2.28. The molecule has 0 aliphatic carbocycles. The summed E-state index contributed by atoms with van der Waals surface area (Å²) >= 11 is 0. The maximum Gasteiger partial charge on any atom is 0.127 e. The first-order valence-corrected chi connectivity index (χ1v) is 7.92. The summed E-state index contributed by atoms with van der Waals surface area (Å²) in [6.07, 6.45) is 4.75. The molecule has 3 aromatic rings. The molecule has 4 rings (SSSR count). The SMILES string of the molecule is c1ccc([C@H](NC[C@H]2Cc3ccccc3O2)c2ncc[nH]2)cc1. The van der Waals surface area contributed by atoms with Crippen LogP contribution in [0.1, 0.15) is 23.0 Å². The van der Waals surface area contributed by atoms with Crippen LogP contribution in [-0.2, 0) is 6.42 Å². The highest BCUT2D eigenvalue weighted by atomic mass is 16.5. The lowest BCUT2D eigenvalue weighted by molar-refractivity contribution is 0.223. The van der Waals surface area contributed by atoms with Gasteiger partial charge in [0.25, 0.3) is 0 Å². The number of hydrogen-bond acceptors (Lipinski definition) is 3. The molecule has 2 atom stereocenters. The summed E-state index contributed by atoms with van der Waals surface area (Å²) in [5, 5.41) is 3.60. The number of H-pyrrole nitrogens is 1. The van der Waals surface area contributed by atoms with Crippen LogP contribution in [0.15, 0.2) is 67.0 Å². The van der Waals surface area contributed by atoms with Crippen LogP contribution in [-0.4, -0.2) is 22.6 Å². The van der Waals surface area contributed by atoms with E-state index in [1.165, 1.54) is 11.1 Å². The van der Waals surface area contributed by atoms with Gasteiger partial charge in [-0.05, 0) is 17.2 Å². The Bertz CT molecular complexity index is 730. The van der Waals surface area contributed by atoms with Crippen molar-refractivity contribution in [1.82, 2.24) is 15.3 Å². The number of aromatic amines is 1. The summed E-state index contributed by atoms with van der Waals surface area (Å²) in [7, 11) is 0. The van der Waals surface area contributed by atoms with Crippen molar-refractivity contribution in [1.29, 1.82) is 0 Å². The second-order valence-electron chi connectivity index (χ2n) is 5.78. The Balaban J connectivity index is 1.47. The highest BCUT2D eigenvalue weighted by molar-refractivity contribution is 5.37. The average Bonchev–Trinajstić information content (AvgIpc) is 3.25. The van der Waals surface area contributed by atoms with Crippen molar-refractivity contribution in [2.45, 2.75) is 18.6 Å². The van der Waals surface area contributed by atoms with Gasteiger partial charge in [-0.2, -0.15) is 0 Å². The van der Waals surface area contributed by atoms with Crippen LogP contribution in [0.25, 0.3) is 0 Å². The number of nitrogens with one attached hydrogen (secondary N) is 2. The van der Waals surface area contributed by atoms with Gasteiger partial charge < -0.3 is 9.72 Å². The maximum absolute atomic E-state index is 6.02. The number of rotatable bonds is 5. The van der Waals surface area contributed by atoms with Gasteiger partial charge in [-0.3, -0.25) is 5.32 Å². The van der Waals surface area contributed by atoms with Crippen molar-refractivity contribution < 1.29 is 4.74 Å². The molecule has 0 saturated heterocycles. The van der Waals surface area contributed by atoms with Gasteiger partial charge in [-0.25, -0.2) is 4.98 Å². The molecule has 0 bridgehead atoms. The topological polar surface area (TPSA) is 49.9 Å². The van der Waals surface area contributed by atoms with Crippen LogP contribution in [0.4, 0.5) is 0 Å². The molecule has 1 aliphatic heterocycles. The molecule has 2 heterocycles. The number of imidazole rings is 1. The fourth-order valence-corrected chi connectivity index (χ4v) is 3.07. The molecular formula is C19H19N3O. The van der Waals surface area contributed by atoms with Gasteiger partial charge in [0.15, 0.2) is 0 Å². The smallest absolute Gasteiger partial charge is 0.127 e. The zero-order chi connectivity index (χ0) is 15.5. The van der Waals surface area contributed by atoms with Crippen molar-refractivity contribution in [3.05, 3.63) is 83.9 Å². The Labute approximate surface area is 135 Å². The summed E-state index contributed by atoms with van der Waals surface area (Å²) in [5.74, 6) is 1.93. The first-order valence-electron chi connectivity index (χ1n) is 7.92. The quantitative estimate of drug-likeness (QED) is 0.761. The van der Waals surface area contributed by atoms with Gasteiger partial charge in [0, 0.05) is 25.4 Å². The van der Waals surface area contributed by atoms with E-state index >= 15 is 0 Å². The van der Waals surface area contributed by atoms with Gasteiger partial charge in [-0.1, -0.05) is 48.5 Å². The first kappa shape index (κ1) is 14.0. The number of aromatic nitrogens is 2. The van der Waals surface area contributed by atoms with Gasteiger partial charge in [0.05, 0.1) is 6.04 Å². The molecule has 1 aliphatic rings. The van der Waals surface area contributed by atoms with Crippen LogP contribution >= 0.6 is 0 Å². The largest absolute Gasteiger partial charge is 0.488 e. The van der Waals surface area contributed by atoms with Crippen molar-refractivity contribution in [2.24, 2.45) is 0 Å². The third-order valence-electron chi connectivity index (χ3n) is 4.19. The van der Waals surface area contributed by atoms with Crippen LogP contribution in [0, 0.1) is 0 Å². The molecule has 0 unspecified atom stereocenters. The molecular weight excluding hydrogens is 286 g/mol. The summed E-state index contributed by atoms with van der Waals surface area (Å²) in [6, 6.07) is 18.7. The lowest BCUT2D eigenvalue weighted by Crippen LogP contribution is -2.34. The van der Waals surface area contributed by atoms with E-state index in [1.807, 2.05) is 24.4 Å². The first-order chi connectivity index (χ1) is 11.4. The number of para-hydroxylation sites is 1. The Hall–Kier alpha value is -2.59. The Morgan fingerprint density at radius 3 is 2.74 bits per heavy atom. The van der Waals surface area contributed by atoms with E-state index in [4.69, 9.17) is 4.74 Å². The second-order valence-corrected chi connectivity index (χ2v) is 5.78. The highest BCUT2D eigenvalue weighted by Gasteiger charge is 2.24. The van der Waals surface area contributed by atoms with E-state index in [0.29, 0.717) is 0 Å². The van der Waals surface area contributed by atoms with Crippen LogP contribution in [0.2, 0.25) is 0 Å². The zero-order valence-corrected chi connectivity index (χ0v) is 12.8. The van der Waals surface area contributed by atoms with E-state index < -0.39 is 0 Å². The van der Waals surface area contributed by atoms with Gasteiger partial charge >= 0.3 is 0 Å². The molecule has 2 aromatic carbocycles. The maximum atomic E-state index is 6.02. The summed E-state index contributed by atoms with van der Waals surface area (Å²) in [4.78, 5) is 7.63. The van der Waals surface area contributed by atoms with Crippen molar-refractivity contribution in [2.75, 3.05) is 6.54 Å². The number of ether oxygens (including phenoxy) is 1. The third kappa shape index (κ3) is 2.98. The molecule has 4 heteroatoms. The minimum absolute atomic E-state index is 0.0403. The minimum Gasteiger partial charge on any atom is -0.488 e. The predicted molar refractivity (Wildman–Crippen MR) is 89.4 cm³/mol. The normalized spacial score (nSPS) is 17.5. The van der Waals surface area contributed by atoms with Gasteiger partial charge in [-0.15, -0.1) is 0 Å². The van der Waals surface area contributed by atoms with Crippen molar-refractivity contribution in [3.8, 4) is 5.75 Å². The molecule has 116 valence electrons. The number of hydrogen-bond donors (Lipinski definition) is 2. The summed E-state index contributed by atoms with van der Waals surface area (Å²) in [6.45, 7) is 0.773. The molecule has 0 fully saturated rings. The standard InChI is InChI=1S/C19H19N3O/c1-2-6-14(7-3-1)18(19-20-10-11-21-19)22-13-16-12-15-8-4-5-9-17(15)23-16/h1-11,16,18,22H,12-13H2,(H,20,21)/t16-,18+/m1/s1. The van der Waals surface area contributed by atoms with Crippen molar-refractivity contribution in [3.63, 3.8) is 0 Å². The molecule has 4 nitrogen and oxygen atoms in total. The Kier molecular flexibility index (Phi) is 3.82. The summed E-state index contributed by atoms with van der Waals surface area (Å²) in [5.41, 5.74) is 2.48. The zero-order valence-electron chi connectivity index (χ0n) is 12.8. The van der Waals surface area contributed by atoms with Crippen LogP contribution in [0.3, 0.4) is 0 Å². The Morgan fingerprint density at radius 1 is 1.13 bits per heavy atom. The fraction of sp³-hybridized carbons (Fsp3) is 0.211. The number of benzene rings is 2. The number of nitrogens with zero attached hydrogens (tertiary/aromatic N) is 1. The van der Waals surface area contributed by atoms with E-state index in [1.54, 1.807) is 6.20 Å². The molecule has 1 aromatic heterocycles. The minimum atomic E-state index is 0.0403. The van der Waals surface area contributed by atoms with E-state index in [0.717, 1.165) is 24.5 Å². The Morgan fingerprint density at radius 2 is 1.96 bits per heavy atom. The lowest BCUT2D eigenvalue weighted by Gasteiger charge is -2.20. The average molecular weight is 305 g/mol. The van der Waals surface area contributed by atoms with E-state index in [9.17, 15) is 0 Å².